The Morgan fingerprint density at radius 2 is 1.26 bits per heavy atom. The van der Waals surface area contributed by atoms with Crippen LogP contribution in [0.4, 0.5) is 0 Å². The highest BCUT2D eigenvalue weighted by Crippen LogP contribution is 2.29. The van der Waals surface area contributed by atoms with Gasteiger partial charge in [-0.15, -0.1) is 0 Å². The number of aromatic nitrogens is 2. The summed E-state index contributed by atoms with van der Waals surface area (Å²) in [6.45, 7) is 4.19. The average molecular weight is 248 g/mol. The Hall–Kier alpha value is -2.35. The van der Waals surface area contributed by atoms with Gasteiger partial charge < -0.3 is 4.98 Å². The van der Waals surface area contributed by atoms with Crippen molar-refractivity contribution < 1.29 is 0 Å². The molecule has 0 radical (unpaired) electrons. The van der Waals surface area contributed by atoms with E-state index in [-0.39, 0.29) is 0 Å². The Labute approximate surface area is 113 Å². The lowest BCUT2D eigenvalue weighted by molar-refractivity contribution is 1.31. The molecule has 0 saturated carbocycles. The molecule has 0 spiro atoms. The first-order chi connectivity index (χ1) is 9.24. The van der Waals surface area contributed by atoms with Crippen LogP contribution in [-0.4, -0.2) is 9.97 Å². The predicted octanol–water partition coefficient (Wildman–Crippen LogP) is 4.36. The van der Waals surface area contributed by atoms with Gasteiger partial charge >= 0.3 is 0 Å². The van der Waals surface area contributed by atoms with Crippen LogP contribution in [0.3, 0.4) is 0 Å². The molecule has 0 aliphatic rings. The van der Waals surface area contributed by atoms with Crippen molar-refractivity contribution >= 4 is 0 Å². The van der Waals surface area contributed by atoms with Gasteiger partial charge in [0.15, 0.2) is 0 Å². The van der Waals surface area contributed by atoms with E-state index in [0.717, 1.165) is 17.0 Å². The van der Waals surface area contributed by atoms with Crippen molar-refractivity contribution in [1.82, 2.24) is 9.97 Å². The molecule has 0 fully saturated rings. The van der Waals surface area contributed by atoms with Crippen LogP contribution in [0.5, 0.6) is 0 Å². The molecule has 0 bridgehead atoms. The van der Waals surface area contributed by atoms with E-state index in [1.54, 1.807) is 6.33 Å². The van der Waals surface area contributed by atoms with Crippen molar-refractivity contribution in [2.24, 2.45) is 0 Å². The molecule has 0 saturated heterocycles. The predicted molar refractivity (Wildman–Crippen MR) is 78.9 cm³/mol. The van der Waals surface area contributed by atoms with E-state index in [2.05, 4.69) is 72.3 Å². The Bertz CT molecular complexity index is 616. The Morgan fingerprint density at radius 3 is 1.84 bits per heavy atom. The third kappa shape index (κ3) is 2.29. The van der Waals surface area contributed by atoms with Gasteiger partial charge in [-0.3, -0.25) is 0 Å². The first-order valence-corrected chi connectivity index (χ1v) is 6.41. The number of nitrogens with one attached hydrogen (secondary N) is 1. The van der Waals surface area contributed by atoms with Gasteiger partial charge in [-0.05, 0) is 13.8 Å². The molecule has 1 heterocycles. The fourth-order valence-electron chi connectivity index (χ4n) is 2.16. The summed E-state index contributed by atoms with van der Waals surface area (Å²) in [5.74, 6) is 0. The Morgan fingerprint density at radius 1 is 0.737 bits per heavy atom. The molecule has 19 heavy (non-hydrogen) atoms. The number of benzene rings is 2. The minimum Gasteiger partial charge on any atom is -0.344 e. The van der Waals surface area contributed by atoms with Crippen LogP contribution in [0.15, 0.2) is 54.9 Å². The van der Waals surface area contributed by atoms with Crippen LogP contribution in [0.25, 0.3) is 22.5 Å². The van der Waals surface area contributed by atoms with E-state index >= 15 is 0 Å². The molecule has 0 amide bonds. The fourth-order valence-corrected chi connectivity index (χ4v) is 2.16. The number of imidazole rings is 1. The number of hydrogen-bond acceptors (Lipinski definition) is 1. The summed E-state index contributed by atoms with van der Waals surface area (Å²) in [6, 6.07) is 16.9. The first-order valence-electron chi connectivity index (χ1n) is 6.41. The molecule has 3 rings (SSSR count). The zero-order valence-electron chi connectivity index (χ0n) is 11.1. The van der Waals surface area contributed by atoms with E-state index in [9.17, 15) is 0 Å². The van der Waals surface area contributed by atoms with Crippen molar-refractivity contribution in [3.05, 3.63) is 66.0 Å². The van der Waals surface area contributed by atoms with Crippen LogP contribution >= 0.6 is 0 Å². The van der Waals surface area contributed by atoms with Gasteiger partial charge in [-0.25, -0.2) is 4.98 Å². The van der Waals surface area contributed by atoms with Gasteiger partial charge in [0.05, 0.1) is 17.7 Å². The molecule has 0 aliphatic carbocycles. The molecular weight excluding hydrogens is 232 g/mol. The molecule has 0 unspecified atom stereocenters. The zero-order chi connectivity index (χ0) is 13.2. The van der Waals surface area contributed by atoms with E-state index in [4.69, 9.17) is 0 Å². The summed E-state index contributed by atoms with van der Waals surface area (Å²) >= 11 is 0. The molecule has 3 aromatic rings. The molecule has 2 aromatic carbocycles. The quantitative estimate of drug-likeness (QED) is 0.717. The third-order valence-corrected chi connectivity index (χ3v) is 3.30. The zero-order valence-corrected chi connectivity index (χ0v) is 11.1. The van der Waals surface area contributed by atoms with E-state index < -0.39 is 0 Å². The van der Waals surface area contributed by atoms with Crippen molar-refractivity contribution in [2.75, 3.05) is 0 Å². The van der Waals surface area contributed by atoms with Crippen LogP contribution in [0, 0.1) is 13.8 Å². The number of aryl methyl sites for hydroxylation is 2. The summed E-state index contributed by atoms with van der Waals surface area (Å²) in [5.41, 5.74) is 6.91. The van der Waals surface area contributed by atoms with Crippen LogP contribution in [0.1, 0.15) is 11.1 Å². The molecule has 0 aliphatic heterocycles. The number of hydrogen-bond donors (Lipinski definition) is 1. The largest absolute Gasteiger partial charge is 0.344 e. The molecule has 1 aromatic heterocycles. The third-order valence-electron chi connectivity index (χ3n) is 3.30. The molecule has 0 atom stereocenters. The van der Waals surface area contributed by atoms with Crippen LogP contribution < -0.4 is 0 Å². The standard InChI is InChI=1S/C17H16N2/c1-12-3-7-14(8-4-12)16-17(19-11-18-16)15-9-5-13(2)6-10-15/h3-11H,1-2H3,(H,18,19). The maximum Gasteiger partial charge on any atom is 0.0960 e. The van der Waals surface area contributed by atoms with Crippen molar-refractivity contribution in [1.29, 1.82) is 0 Å². The van der Waals surface area contributed by atoms with Gasteiger partial charge in [0.25, 0.3) is 0 Å². The number of nitrogens with zero attached hydrogens (tertiary/aromatic N) is 1. The monoisotopic (exact) mass is 248 g/mol. The van der Waals surface area contributed by atoms with E-state index in [1.807, 2.05) is 0 Å². The smallest absolute Gasteiger partial charge is 0.0960 e. The lowest BCUT2D eigenvalue weighted by Gasteiger charge is -2.04. The Balaban J connectivity index is 2.07. The first kappa shape index (κ1) is 11.7. The van der Waals surface area contributed by atoms with Gasteiger partial charge in [0.1, 0.15) is 0 Å². The topological polar surface area (TPSA) is 28.7 Å². The fraction of sp³-hybridized carbons (Fsp3) is 0.118. The van der Waals surface area contributed by atoms with Gasteiger partial charge in [-0.2, -0.15) is 0 Å². The summed E-state index contributed by atoms with van der Waals surface area (Å²) in [6.07, 6.45) is 1.75. The second-order valence-corrected chi connectivity index (χ2v) is 4.86. The minimum atomic E-state index is 1.00. The molecule has 1 N–H and O–H groups in total. The van der Waals surface area contributed by atoms with Crippen LogP contribution in [0.2, 0.25) is 0 Å². The van der Waals surface area contributed by atoms with Gasteiger partial charge in [0.2, 0.25) is 0 Å². The maximum atomic E-state index is 4.46. The Kier molecular flexibility index (Phi) is 2.92. The van der Waals surface area contributed by atoms with Crippen molar-refractivity contribution in [3.8, 4) is 22.5 Å². The molecule has 2 nitrogen and oxygen atoms in total. The summed E-state index contributed by atoms with van der Waals surface area (Å²) < 4.78 is 0. The lowest BCUT2D eigenvalue weighted by Crippen LogP contribution is -1.84. The molecule has 2 heteroatoms. The lowest BCUT2D eigenvalue weighted by atomic mass is 10.0. The average Bonchev–Trinajstić information content (AvgIpc) is 2.90. The minimum absolute atomic E-state index is 1.00. The summed E-state index contributed by atoms with van der Waals surface area (Å²) in [5, 5.41) is 0. The van der Waals surface area contributed by atoms with E-state index in [1.165, 1.54) is 16.7 Å². The second-order valence-electron chi connectivity index (χ2n) is 4.86. The van der Waals surface area contributed by atoms with Gasteiger partial charge in [0, 0.05) is 11.1 Å². The highest BCUT2D eigenvalue weighted by atomic mass is 14.9. The van der Waals surface area contributed by atoms with Crippen LogP contribution in [-0.2, 0) is 0 Å². The SMILES string of the molecule is Cc1ccc(-c2nc[nH]c2-c2ccc(C)cc2)cc1. The van der Waals surface area contributed by atoms with E-state index in [0.29, 0.717) is 0 Å². The number of H-pyrrole nitrogens is 1. The highest BCUT2D eigenvalue weighted by molar-refractivity contribution is 5.78. The molecule has 94 valence electrons. The van der Waals surface area contributed by atoms with Crippen molar-refractivity contribution in [3.63, 3.8) is 0 Å². The second kappa shape index (κ2) is 4.73. The summed E-state index contributed by atoms with van der Waals surface area (Å²) in [4.78, 5) is 7.70. The summed E-state index contributed by atoms with van der Waals surface area (Å²) in [7, 11) is 0. The maximum absolute atomic E-state index is 4.46. The number of rotatable bonds is 2. The highest BCUT2D eigenvalue weighted by Gasteiger charge is 2.09. The van der Waals surface area contributed by atoms with Crippen molar-refractivity contribution in [2.45, 2.75) is 13.8 Å². The normalized spacial score (nSPS) is 10.6. The van der Waals surface area contributed by atoms with Gasteiger partial charge in [-0.1, -0.05) is 59.7 Å². The molecular formula is C17H16N2. The number of aromatic amines is 1.